The van der Waals surface area contributed by atoms with E-state index < -0.39 is 31.8 Å². The molecule has 34 heavy (non-hydrogen) atoms. The second-order valence-corrected chi connectivity index (χ2v) is 38.2. The topological polar surface area (TPSA) is 0 Å². The summed E-state index contributed by atoms with van der Waals surface area (Å²) in [6.45, 7) is 36.2. The molecule has 0 amide bonds. The van der Waals surface area contributed by atoms with Crippen molar-refractivity contribution >= 4 is 52.6 Å². The van der Waals surface area contributed by atoms with Gasteiger partial charge in [-0.05, 0) is 20.2 Å². The van der Waals surface area contributed by atoms with Crippen molar-refractivity contribution in [3.05, 3.63) is 48.5 Å². The van der Waals surface area contributed by atoms with E-state index in [1.165, 1.54) is 0 Å². The molecule has 1 aliphatic heterocycles. The smallest absolute Gasteiger partial charge is 0.0699 e. The molecule has 0 atom stereocenters. The van der Waals surface area contributed by atoms with E-state index in [9.17, 15) is 0 Å². The highest BCUT2D eigenvalue weighted by Gasteiger charge is 2.62. The Morgan fingerprint density at radius 3 is 0.735 bits per heavy atom. The fourth-order valence-corrected chi connectivity index (χ4v) is 40.7. The maximum absolute atomic E-state index is 2.76. The van der Waals surface area contributed by atoms with E-state index in [0.29, 0.717) is 20.2 Å². The van der Waals surface area contributed by atoms with Gasteiger partial charge in [-0.1, -0.05) is 165 Å². The van der Waals surface area contributed by atoms with Gasteiger partial charge in [-0.2, -0.15) is 0 Å². The van der Waals surface area contributed by atoms with Crippen molar-refractivity contribution in [2.45, 2.75) is 116 Å². The molecule has 2 aromatic rings. The van der Waals surface area contributed by atoms with Crippen molar-refractivity contribution in [2.24, 2.45) is 0 Å². The molecule has 1 aliphatic rings. The molecule has 0 bridgehead atoms. The van der Waals surface area contributed by atoms with Crippen molar-refractivity contribution < 1.29 is 0 Å². The van der Waals surface area contributed by atoms with Gasteiger partial charge in [-0.25, -0.2) is 0 Å². The summed E-state index contributed by atoms with van der Waals surface area (Å²) >= 11 is 0. The molecule has 0 saturated heterocycles. The third-order valence-corrected chi connectivity index (χ3v) is 46.6. The van der Waals surface area contributed by atoms with E-state index in [-0.39, 0.29) is 0 Å². The second-order valence-electron chi connectivity index (χ2n) is 15.1. The average Bonchev–Trinajstić information content (AvgIpc) is 2.67. The molecule has 3 rings (SSSR count). The third kappa shape index (κ3) is 3.95. The summed E-state index contributed by atoms with van der Waals surface area (Å²) in [5.41, 5.74) is 0. The third-order valence-electron chi connectivity index (χ3n) is 9.93. The Morgan fingerprint density at radius 1 is 0.412 bits per heavy atom. The molecule has 186 valence electrons. The lowest BCUT2D eigenvalue weighted by atomic mass is 10.2. The van der Waals surface area contributed by atoms with Gasteiger partial charge in [-0.15, -0.1) is 0 Å². The van der Waals surface area contributed by atoms with E-state index >= 15 is 0 Å². The van der Waals surface area contributed by atoms with Crippen LogP contribution in [-0.4, -0.2) is 31.8 Å². The predicted octanol–water partition coefficient (Wildman–Crippen LogP) is 6.73. The highest BCUT2D eigenvalue weighted by molar-refractivity contribution is 7.51. The number of rotatable bonds is 2. The summed E-state index contributed by atoms with van der Waals surface area (Å²) < 4.78 is 0. The summed E-state index contributed by atoms with van der Waals surface area (Å²) in [4.78, 5) is 0. The van der Waals surface area contributed by atoms with Crippen LogP contribution in [0.3, 0.4) is 0 Å². The molecule has 0 saturated carbocycles. The fourth-order valence-electron chi connectivity index (χ4n) is 6.96. The zero-order valence-electron chi connectivity index (χ0n) is 24.6. The van der Waals surface area contributed by atoms with Crippen LogP contribution in [0.25, 0.3) is 0 Å². The minimum absolute atomic E-state index is 0.332. The molecule has 4 heteroatoms. The minimum Gasteiger partial charge on any atom is -0.0699 e. The van der Waals surface area contributed by atoms with Crippen LogP contribution in [0.1, 0.15) is 83.1 Å². The van der Waals surface area contributed by atoms with Gasteiger partial charge in [0.15, 0.2) is 0 Å². The maximum atomic E-state index is 2.76. The van der Waals surface area contributed by atoms with Crippen LogP contribution < -0.4 is 20.7 Å². The predicted molar refractivity (Wildman–Crippen MR) is 165 cm³/mol. The molecule has 0 fully saturated rings. The van der Waals surface area contributed by atoms with E-state index in [4.69, 9.17) is 0 Å². The highest BCUT2D eigenvalue weighted by atomic mass is 29.2. The maximum Gasteiger partial charge on any atom is 0.113 e. The van der Waals surface area contributed by atoms with E-state index in [0.717, 1.165) is 0 Å². The lowest BCUT2D eigenvalue weighted by Crippen LogP contribution is -2.85. The van der Waals surface area contributed by atoms with Crippen molar-refractivity contribution in [3.63, 3.8) is 0 Å². The first-order valence-corrected chi connectivity index (χ1v) is 23.2. The van der Waals surface area contributed by atoms with Gasteiger partial charge in [-0.3, -0.25) is 0 Å². The SMILES string of the molecule is CC(C)(C)[Si](C)([Si]1c2ccccc2[Si]([Si](C)(C(C)(C)C)C(C)(C)C)c2ccccc21)C(C)(C)C. The number of hydrogen-bond acceptors (Lipinski definition) is 0. The van der Waals surface area contributed by atoms with E-state index in [1.807, 2.05) is 0 Å². The molecule has 1 heterocycles. The summed E-state index contributed by atoms with van der Waals surface area (Å²) in [7, 11) is -5.42. The summed E-state index contributed by atoms with van der Waals surface area (Å²) in [5.74, 6) is 0. The largest absolute Gasteiger partial charge is 0.113 e. The Kier molecular flexibility index (Phi) is 6.91. The lowest BCUT2D eigenvalue weighted by molar-refractivity contribution is 0.635. The van der Waals surface area contributed by atoms with Crippen LogP contribution in [0.4, 0.5) is 0 Å². The Balaban J connectivity index is 2.50. The monoisotopic (exact) mass is 522 g/mol. The molecule has 2 aromatic carbocycles. The molecule has 0 unspecified atom stereocenters. The van der Waals surface area contributed by atoms with Crippen molar-refractivity contribution in [1.29, 1.82) is 0 Å². The van der Waals surface area contributed by atoms with Crippen LogP contribution >= 0.6 is 0 Å². The van der Waals surface area contributed by atoms with Crippen molar-refractivity contribution in [1.82, 2.24) is 0 Å². The van der Waals surface area contributed by atoms with Crippen LogP contribution in [0, 0.1) is 0 Å². The van der Waals surface area contributed by atoms with Crippen LogP contribution in [-0.2, 0) is 0 Å². The van der Waals surface area contributed by atoms with Crippen LogP contribution in [0.2, 0.25) is 33.2 Å². The second kappa shape index (κ2) is 8.43. The first kappa shape index (κ1) is 27.9. The Labute approximate surface area is 216 Å². The highest BCUT2D eigenvalue weighted by Crippen LogP contribution is 2.54. The van der Waals surface area contributed by atoms with Gasteiger partial charge in [0.25, 0.3) is 0 Å². The zero-order chi connectivity index (χ0) is 26.1. The first-order valence-electron chi connectivity index (χ1n) is 13.2. The van der Waals surface area contributed by atoms with Gasteiger partial charge >= 0.3 is 0 Å². The van der Waals surface area contributed by atoms with Gasteiger partial charge in [0, 0.05) is 0 Å². The number of benzene rings is 2. The summed E-state index contributed by atoms with van der Waals surface area (Å²) in [6.07, 6.45) is 0. The van der Waals surface area contributed by atoms with Gasteiger partial charge in [0.05, 0.1) is 15.2 Å². The van der Waals surface area contributed by atoms with Crippen molar-refractivity contribution in [2.75, 3.05) is 0 Å². The molecule has 0 N–H and O–H groups in total. The Hall–Kier alpha value is -0.692. The summed E-state index contributed by atoms with van der Waals surface area (Å²) in [6, 6.07) is 19.7. The first-order chi connectivity index (χ1) is 15.2. The zero-order valence-corrected chi connectivity index (χ0v) is 28.6. The van der Waals surface area contributed by atoms with E-state index in [2.05, 4.69) is 145 Å². The molecular weight excluding hydrogens is 473 g/mol. The number of fused-ring (bicyclic) bond motifs is 2. The van der Waals surface area contributed by atoms with E-state index in [1.54, 1.807) is 20.7 Å². The van der Waals surface area contributed by atoms with Crippen LogP contribution in [0.5, 0.6) is 0 Å². The molecule has 0 spiro atoms. The molecule has 0 aromatic heterocycles. The minimum atomic E-state index is -1.80. The normalized spacial score (nSPS) is 16.9. The molecule has 2 radical (unpaired) electrons. The lowest BCUT2D eigenvalue weighted by Gasteiger charge is -2.59. The van der Waals surface area contributed by atoms with Crippen molar-refractivity contribution in [3.8, 4) is 0 Å². The van der Waals surface area contributed by atoms with Gasteiger partial charge in [0.1, 0.15) is 16.6 Å². The quantitative estimate of drug-likeness (QED) is 0.383. The summed E-state index contributed by atoms with van der Waals surface area (Å²) in [5, 5.41) is 8.46. The van der Waals surface area contributed by atoms with Gasteiger partial charge in [0.2, 0.25) is 0 Å². The Morgan fingerprint density at radius 2 is 0.588 bits per heavy atom. The molecule has 0 aliphatic carbocycles. The van der Waals surface area contributed by atoms with Crippen LogP contribution in [0.15, 0.2) is 48.5 Å². The molecule has 0 nitrogen and oxygen atoms in total. The Bertz CT molecular complexity index is 881. The standard InChI is InChI=1S/C30H50Si4/c1-27(2,3)33(13,28(4,5)6)31-23-19-15-17-21-25(23)32(26-22-18-16-20-24(26)31)34(14,29(7,8)9)30(10,11)12/h15-22H,1-14H3. The molecular formula is C30H50Si4. The van der Waals surface area contributed by atoms with Gasteiger partial charge < -0.3 is 0 Å². The fraction of sp³-hybridized carbons (Fsp3) is 0.600. The average molecular weight is 523 g/mol. The number of hydrogen-bond donors (Lipinski definition) is 0.